The Morgan fingerprint density at radius 3 is 2.55 bits per heavy atom. The van der Waals surface area contributed by atoms with Gasteiger partial charge >= 0.3 is 0 Å². The van der Waals surface area contributed by atoms with Gasteiger partial charge in [0.2, 0.25) is 5.91 Å². The molecule has 4 nitrogen and oxygen atoms in total. The third-order valence-corrected chi connectivity index (χ3v) is 3.79. The zero-order valence-electron chi connectivity index (χ0n) is 12.1. The number of amides is 1. The van der Waals surface area contributed by atoms with Gasteiger partial charge in [-0.15, -0.1) is 0 Å². The van der Waals surface area contributed by atoms with Crippen molar-refractivity contribution in [3.8, 4) is 0 Å². The topological polar surface area (TPSA) is 52.6 Å². The van der Waals surface area contributed by atoms with Crippen molar-refractivity contribution < 1.29 is 9.90 Å². The van der Waals surface area contributed by atoms with Crippen molar-refractivity contribution in [2.24, 2.45) is 0 Å². The lowest BCUT2D eigenvalue weighted by Gasteiger charge is -2.27. The molecule has 2 rings (SSSR count). The van der Waals surface area contributed by atoms with E-state index in [1.807, 2.05) is 18.2 Å². The highest BCUT2D eigenvalue weighted by molar-refractivity contribution is 5.79. The second-order valence-electron chi connectivity index (χ2n) is 5.50. The molecule has 1 unspecified atom stereocenters. The highest BCUT2D eigenvalue weighted by atomic mass is 16.3. The Bertz CT molecular complexity index is 440. The van der Waals surface area contributed by atoms with Crippen molar-refractivity contribution in [1.82, 2.24) is 10.2 Å². The number of nitrogens with one attached hydrogen (secondary N) is 1. The Balaban J connectivity index is 1.96. The van der Waals surface area contributed by atoms with E-state index in [0.29, 0.717) is 6.54 Å². The van der Waals surface area contributed by atoms with Gasteiger partial charge in [-0.2, -0.15) is 0 Å². The Labute approximate surface area is 120 Å². The summed E-state index contributed by atoms with van der Waals surface area (Å²) in [7, 11) is 0. The average molecular weight is 276 g/mol. The summed E-state index contributed by atoms with van der Waals surface area (Å²) in [5.41, 5.74) is 2.40. The largest absolute Gasteiger partial charge is 0.384 e. The first-order valence-electron chi connectivity index (χ1n) is 7.42. The fourth-order valence-corrected chi connectivity index (χ4v) is 2.57. The van der Waals surface area contributed by atoms with Gasteiger partial charge in [0.25, 0.3) is 0 Å². The molecular formula is C16H24N2O2. The molecule has 1 aromatic carbocycles. The Hall–Kier alpha value is -1.39. The lowest BCUT2D eigenvalue weighted by atomic mass is 10.0. The number of rotatable bonds is 5. The quantitative estimate of drug-likeness (QED) is 0.860. The molecule has 2 N–H and O–H groups in total. The third kappa shape index (κ3) is 4.32. The van der Waals surface area contributed by atoms with E-state index >= 15 is 0 Å². The molecule has 1 heterocycles. The maximum absolute atomic E-state index is 11.4. The number of carbonyl (C=O) groups is 1. The van der Waals surface area contributed by atoms with E-state index in [4.69, 9.17) is 0 Å². The Morgan fingerprint density at radius 1 is 1.25 bits per heavy atom. The lowest BCUT2D eigenvalue weighted by Crippen LogP contribution is -2.33. The minimum Gasteiger partial charge on any atom is -0.384 e. The number of carbonyl (C=O) groups excluding carboxylic acids is 1. The molecule has 0 aromatic heterocycles. The number of piperidine rings is 1. The SMILES string of the molecule is CC(O)C(=O)NCc1ccccc1CN1CCCCC1. The van der Waals surface area contributed by atoms with Gasteiger partial charge in [0.15, 0.2) is 0 Å². The van der Waals surface area contributed by atoms with Gasteiger partial charge < -0.3 is 10.4 Å². The summed E-state index contributed by atoms with van der Waals surface area (Å²) in [5, 5.41) is 12.0. The van der Waals surface area contributed by atoms with Crippen molar-refractivity contribution in [3.05, 3.63) is 35.4 Å². The molecule has 1 fully saturated rings. The van der Waals surface area contributed by atoms with Gasteiger partial charge in [-0.3, -0.25) is 9.69 Å². The van der Waals surface area contributed by atoms with Crippen LogP contribution in [-0.4, -0.2) is 35.1 Å². The minimum absolute atomic E-state index is 0.322. The Morgan fingerprint density at radius 2 is 1.90 bits per heavy atom. The summed E-state index contributed by atoms with van der Waals surface area (Å²) in [6, 6.07) is 8.20. The number of nitrogens with zero attached hydrogens (tertiary/aromatic N) is 1. The van der Waals surface area contributed by atoms with E-state index in [1.54, 1.807) is 0 Å². The molecule has 20 heavy (non-hydrogen) atoms. The summed E-state index contributed by atoms with van der Waals surface area (Å²) in [5.74, 6) is -0.322. The summed E-state index contributed by atoms with van der Waals surface area (Å²) in [4.78, 5) is 13.9. The van der Waals surface area contributed by atoms with Crippen LogP contribution in [0.5, 0.6) is 0 Å². The van der Waals surface area contributed by atoms with Crippen LogP contribution in [0, 0.1) is 0 Å². The standard InChI is InChI=1S/C16H24N2O2/c1-13(19)16(20)17-11-14-7-3-4-8-15(14)12-18-9-5-2-6-10-18/h3-4,7-8,13,19H,2,5-6,9-12H2,1H3,(H,17,20). The molecule has 1 saturated heterocycles. The molecule has 1 atom stereocenters. The van der Waals surface area contributed by atoms with Crippen LogP contribution in [-0.2, 0) is 17.9 Å². The Kier molecular flexibility index (Phi) is 5.56. The summed E-state index contributed by atoms with van der Waals surface area (Å²) in [6.45, 7) is 5.23. The predicted octanol–water partition coefficient (Wildman–Crippen LogP) is 1.67. The first kappa shape index (κ1) is 15.0. The number of hydrogen-bond acceptors (Lipinski definition) is 3. The fraction of sp³-hybridized carbons (Fsp3) is 0.562. The van der Waals surface area contributed by atoms with Crippen molar-refractivity contribution in [3.63, 3.8) is 0 Å². The van der Waals surface area contributed by atoms with E-state index in [1.165, 1.54) is 31.7 Å². The van der Waals surface area contributed by atoms with Crippen LogP contribution in [0.1, 0.15) is 37.3 Å². The average Bonchev–Trinajstić information content (AvgIpc) is 2.47. The highest BCUT2D eigenvalue weighted by Crippen LogP contribution is 2.16. The maximum atomic E-state index is 11.4. The van der Waals surface area contributed by atoms with Crippen molar-refractivity contribution in [2.45, 2.75) is 45.4 Å². The second-order valence-corrected chi connectivity index (χ2v) is 5.50. The number of benzene rings is 1. The molecule has 0 spiro atoms. The zero-order valence-corrected chi connectivity index (χ0v) is 12.1. The van der Waals surface area contributed by atoms with Crippen LogP contribution in [0.15, 0.2) is 24.3 Å². The molecule has 1 aromatic rings. The first-order valence-corrected chi connectivity index (χ1v) is 7.42. The van der Waals surface area contributed by atoms with E-state index in [2.05, 4.69) is 16.3 Å². The van der Waals surface area contributed by atoms with Crippen LogP contribution in [0.25, 0.3) is 0 Å². The van der Waals surface area contributed by atoms with Crippen LogP contribution in [0.4, 0.5) is 0 Å². The molecule has 1 aliphatic heterocycles. The van der Waals surface area contributed by atoms with Gasteiger partial charge in [0.1, 0.15) is 6.10 Å². The molecule has 0 aliphatic carbocycles. The molecule has 0 saturated carbocycles. The van der Waals surface area contributed by atoms with Gasteiger partial charge in [-0.1, -0.05) is 30.7 Å². The summed E-state index contributed by atoms with van der Waals surface area (Å²) in [6.07, 6.45) is 2.94. The van der Waals surface area contributed by atoms with Crippen molar-refractivity contribution in [1.29, 1.82) is 0 Å². The maximum Gasteiger partial charge on any atom is 0.248 e. The van der Waals surface area contributed by atoms with Crippen molar-refractivity contribution in [2.75, 3.05) is 13.1 Å². The highest BCUT2D eigenvalue weighted by Gasteiger charge is 2.13. The predicted molar refractivity (Wildman–Crippen MR) is 79.1 cm³/mol. The monoisotopic (exact) mass is 276 g/mol. The smallest absolute Gasteiger partial charge is 0.248 e. The summed E-state index contributed by atoms with van der Waals surface area (Å²) >= 11 is 0. The molecule has 4 heteroatoms. The van der Waals surface area contributed by atoms with E-state index < -0.39 is 6.10 Å². The summed E-state index contributed by atoms with van der Waals surface area (Å²) < 4.78 is 0. The van der Waals surface area contributed by atoms with Gasteiger partial charge in [-0.05, 0) is 44.0 Å². The molecule has 110 valence electrons. The van der Waals surface area contributed by atoms with Crippen molar-refractivity contribution >= 4 is 5.91 Å². The van der Waals surface area contributed by atoms with Crippen LogP contribution in [0.2, 0.25) is 0 Å². The fourth-order valence-electron chi connectivity index (χ4n) is 2.57. The molecule has 1 aliphatic rings. The number of aliphatic hydroxyl groups is 1. The third-order valence-electron chi connectivity index (χ3n) is 3.79. The first-order chi connectivity index (χ1) is 9.66. The van der Waals surface area contributed by atoms with Crippen LogP contribution in [0.3, 0.4) is 0 Å². The molecule has 0 radical (unpaired) electrons. The number of aliphatic hydroxyl groups excluding tert-OH is 1. The molecule has 1 amide bonds. The normalized spacial score (nSPS) is 17.7. The van der Waals surface area contributed by atoms with E-state index in [0.717, 1.165) is 25.2 Å². The zero-order chi connectivity index (χ0) is 14.4. The number of hydrogen-bond donors (Lipinski definition) is 2. The minimum atomic E-state index is -0.954. The lowest BCUT2D eigenvalue weighted by molar-refractivity contribution is -0.128. The molecular weight excluding hydrogens is 252 g/mol. The van der Waals surface area contributed by atoms with Gasteiger partial charge in [0.05, 0.1) is 0 Å². The van der Waals surface area contributed by atoms with Gasteiger partial charge in [0, 0.05) is 13.1 Å². The molecule has 0 bridgehead atoms. The van der Waals surface area contributed by atoms with E-state index in [9.17, 15) is 9.90 Å². The van der Waals surface area contributed by atoms with Gasteiger partial charge in [-0.25, -0.2) is 0 Å². The van der Waals surface area contributed by atoms with Crippen LogP contribution < -0.4 is 5.32 Å². The second kappa shape index (κ2) is 7.41. The van der Waals surface area contributed by atoms with Crippen LogP contribution >= 0.6 is 0 Å². The number of likely N-dealkylation sites (tertiary alicyclic amines) is 1. The van der Waals surface area contributed by atoms with E-state index in [-0.39, 0.29) is 5.91 Å².